The van der Waals surface area contributed by atoms with Crippen LogP contribution in [0.25, 0.3) is 0 Å². The molecule has 0 N–H and O–H groups in total. The summed E-state index contributed by atoms with van der Waals surface area (Å²) in [7, 11) is 1.51. The van der Waals surface area contributed by atoms with E-state index in [1.165, 1.54) is 25.3 Å². The van der Waals surface area contributed by atoms with Crippen LogP contribution in [0, 0.1) is 6.92 Å². The van der Waals surface area contributed by atoms with Gasteiger partial charge in [-0.1, -0.05) is 12.1 Å². The molecule has 0 bridgehead atoms. The van der Waals surface area contributed by atoms with Crippen molar-refractivity contribution in [3.05, 3.63) is 53.6 Å². The summed E-state index contributed by atoms with van der Waals surface area (Å²) in [4.78, 5) is 28.1. The molecule has 1 aliphatic rings. The van der Waals surface area contributed by atoms with Crippen LogP contribution in [-0.2, 0) is 4.79 Å². The lowest BCUT2D eigenvalue weighted by atomic mass is 10.1. The molecule has 6 heteroatoms. The first-order chi connectivity index (χ1) is 13.5. The summed E-state index contributed by atoms with van der Waals surface area (Å²) in [5, 5.41) is 0. The number of ether oxygens (including phenoxy) is 2. The number of Topliss-reactive ketones (excluding diaryl/α,β-unsaturated/α-hetero) is 1. The highest BCUT2D eigenvalue weighted by Gasteiger charge is 2.22. The van der Waals surface area contributed by atoms with Gasteiger partial charge in [0.25, 0.3) is 5.91 Å². The number of carbonyl (C=O) groups is 2. The van der Waals surface area contributed by atoms with E-state index >= 15 is 0 Å². The molecule has 0 aliphatic carbocycles. The quantitative estimate of drug-likeness (QED) is 0.719. The van der Waals surface area contributed by atoms with Crippen LogP contribution in [0.2, 0.25) is 0 Å². The van der Waals surface area contributed by atoms with Gasteiger partial charge in [0.15, 0.2) is 23.9 Å². The highest BCUT2D eigenvalue weighted by atomic mass is 16.5. The molecule has 2 aromatic rings. The fourth-order valence-electron chi connectivity index (χ4n) is 3.28. The smallest absolute Gasteiger partial charge is 0.260 e. The lowest BCUT2D eigenvalue weighted by Gasteiger charge is -2.36. The van der Waals surface area contributed by atoms with Gasteiger partial charge in [0.05, 0.1) is 7.11 Å². The molecule has 1 fully saturated rings. The van der Waals surface area contributed by atoms with Crippen LogP contribution in [0.3, 0.4) is 0 Å². The van der Waals surface area contributed by atoms with Crippen molar-refractivity contribution in [3.8, 4) is 11.5 Å². The number of methoxy groups -OCH3 is 1. The minimum Gasteiger partial charge on any atom is -0.493 e. The van der Waals surface area contributed by atoms with E-state index in [0.29, 0.717) is 30.2 Å². The summed E-state index contributed by atoms with van der Waals surface area (Å²) < 4.78 is 10.9. The number of benzene rings is 2. The van der Waals surface area contributed by atoms with Crippen molar-refractivity contribution < 1.29 is 19.1 Å². The van der Waals surface area contributed by atoms with Gasteiger partial charge in [-0.2, -0.15) is 0 Å². The van der Waals surface area contributed by atoms with E-state index in [-0.39, 0.29) is 18.3 Å². The molecule has 2 aromatic carbocycles. The highest BCUT2D eigenvalue weighted by molar-refractivity contribution is 5.94. The van der Waals surface area contributed by atoms with Crippen molar-refractivity contribution in [2.45, 2.75) is 13.8 Å². The van der Waals surface area contributed by atoms with Gasteiger partial charge >= 0.3 is 0 Å². The molecule has 0 unspecified atom stereocenters. The van der Waals surface area contributed by atoms with Crippen molar-refractivity contribution in [1.82, 2.24) is 4.90 Å². The molecule has 1 heterocycles. The number of anilines is 1. The lowest BCUT2D eigenvalue weighted by molar-refractivity contribution is -0.133. The minimum atomic E-state index is -0.0553. The first kappa shape index (κ1) is 19.7. The second-order valence-corrected chi connectivity index (χ2v) is 6.92. The molecule has 0 saturated carbocycles. The van der Waals surface area contributed by atoms with Crippen molar-refractivity contribution in [2.24, 2.45) is 0 Å². The number of rotatable bonds is 6. The molecule has 28 heavy (non-hydrogen) atoms. The zero-order chi connectivity index (χ0) is 20.1. The third-order valence-corrected chi connectivity index (χ3v) is 4.92. The van der Waals surface area contributed by atoms with Crippen LogP contribution < -0.4 is 14.4 Å². The summed E-state index contributed by atoms with van der Waals surface area (Å²) >= 11 is 0. The Morgan fingerprint density at radius 2 is 1.75 bits per heavy atom. The summed E-state index contributed by atoms with van der Waals surface area (Å²) in [6.45, 7) is 6.44. The predicted octanol–water partition coefficient (Wildman–Crippen LogP) is 2.93. The summed E-state index contributed by atoms with van der Waals surface area (Å²) in [5.74, 6) is 0.804. The number of amides is 1. The van der Waals surface area contributed by atoms with Gasteiger partial charge in [-0.25, -0.2) is 0 Å². The van der Waals surface area contributed by atoms with E-state index in [4.69, 9.17) is 9.47 Å². The van der Waals surface area contributed by atoms with Gasteiger partial charge in [0, 0.05) is 37.4 Å². The van der Waals surface area contributed by atoms with Crippen LogP contribution >= 0.6 is 0 Å². The third kappa shape index (κ3) is 4.63. The summed E-state index contributed by atoms with van der Waals surface area (Å²) in [6.07, 6.45) is 0. The van der Waals surface area contributed by atoms with Gasteiger partial charge in [-0.3, -0.25) is 9.59 Å². The van der Waals surface area contributed by atoms with Crippen LogP contribution in [0.1, 0.15) is 22.8 Å². The molecule has 0 aromatic heterocycles. The molecule has 3 rings (SSSR count). The zero-order valence-electron chi connectivity index (χ0n) is 16.6. The van der Waals surface area contributed by atoms with Crippen molar-refractivity contribution in [3.63, 3.8) is 0 Å². The molecule has 1 saturated heterocycles. The predicted molar refractivity (Wildman–Crippen MR) is 108 cm³/mol. The molecule has 0 atom stereocenters. The van der Waals surface area contributed by atoms with Crippen LogP contribution in [0.4, 0.5) is 5.69 Å². The number of carbonyl (C=O) groups excluding carboxylic acids is 2. The average molecular weight is 382 g/mol. The number of hydrogen-bond donors (Lipinski definition) is 0. The van der Waals surface area contributed by atoms with Crippen LogP contribution in [0.15, 0.2) is 42.5 Å². The first-order valence-electron chi connectivity index (χ1n) is 9.39. The molecule has 148 valence electrons. The summed E-state index contributed by atoms with van der Waals surface area (Å²) in [5.41, 5.74) is 2.97. The monoisotopic (exact) mass is 382 g/mol. The lowest BCUT2D eigenvalue weighted by Crippen LogP contribution is -2.50. The Labute approximate surface area is 165 Å². The van der Waals surface area contributed by atoms with Gasteiger partial charge in [-0.15, -0.1) is 0 Å². The fraction of sp³-hybridized carbons (Fsp3) is 0.364. The fourth-order valence-corrected chi connectivity index (χ4v) is 3.28. The molecule has 6 nitrogen and oxygen atoms in total. The van der Waals surface area contributed by atoms with Gasteiger partial charge in [0.1, 0.15) is 0 Å². The first-order valence-corrected chi connectivity index (χ1v) is 9.39. The number of piperazine rings is 1. The molecule has 0 radical (unpaired) electrons. The Morgan fingerprint density at radius 3 is 2.39 bits per heavy atom. The number of aryl methyl sites for hydroxylation is 1. The second kappa shape index (κ2) is 8.78. The summed E-state index contributed by atoms with van der Waals surface area (Å²) in [6, 6.07) is 13.4. The number of nitrogens with zero attached hydrogens (tertiary/aromatic N) is 2. The van der Waals surface area contributed by atoms with E-state index in [1.807, 2.05) is 4.90 Å². The molecule has 1 aliphatic heterocycles. The Hall–Kier alpha value is -3.02. The molecule has 0 spiro atoms. The molecular weight excluding hydrogens is 356 g/mol. The Kier molecular flexibility index (Phi) is 6.19. The maximum atomic E-state index is 12.5. The van der Waals surface area contributed by atoms with E-state index in [9.17, 15) is 9.59 Å². The van der Waals surface area contributed by atoms with Gasteiger partial charge in [0.2, 0.25) is 0 Å². The molecular formula is C22H26N2O4. The SMILES string of the molecule is COc1cc(C(C)=O)ccc1OCC(=O)N1CCN(c2cccc(C)c2)CC1. The van der Waals surface area contributed by atoms with Gasteiger partial charge < -0.3 is 19.3 Å². The van der Waals surface area contributed by atoms with Crippen molar-refractivity contribution >= 4 is 17.4 Å². The standard InChI is InChI=1S/C22H26N2O4/c1-16-5-4-6-19(13-16)23-9-11-24(12-10-23)22(26)15-28-20-8-7-18(17(2)25)14-21(20)27-3/h4-8,13-14H,9-12,15H2,1-3H3. The Balaban J connectivity index is 1.54. The average Bonchev–Trinajstić information content (AvgIpc) is 2.72. The number of hydrogen-bond acceptors (Lipinski definition) is 5. The van der Waals surface area contributed by atoms with Crippen molar-refractivity contribution in [1.29, 1.82) is 0 Å². The van der Waals surface area contributed by atoms with Crippen LogP contribution in [-0.4, -0.2) is 56.5 Å². The van der Waals surface area contributed by atoms with E-state index < -0.39 is 0 Å². The Morgan fingerprint density at radius 1 is 1.00 bits per heavy atom. The normalized spacial score (nSPS) is 14.0. The largest absolute Gasteiger partial charge is 0.493 e. The Bertz CT molecular complexity index is 857. The maximum Gasteiger partial charge on any atom is 0.260 e. The van der Waals surface area contributed by atoms with Crippen molar-refractivity contribution in [2.75, 3.05) is 44.8 Å². The second-order valence-electron chi connectivity index (χ2n) is 6.92. The highest BCUT2D eigenvalue weighted by Crippen LogP contribution is 2.28. The topological polar surface area (TPSA) is 59.1 Å². The van der Waals surface area contributed by atoms with E-state index in [0.717, 1.165) is 13.1 Å². The van der Waals surface area contributed by atoms with Crippen LogP contribution in [0.5, 0.6) is 11.5 Å². The van der Waals surface area contributed by atoms with E-state index in [2.05, 4.69) is 36.1 Å². The third-order valence-electron chi connectivity index (χ3n) is 4.92. The number of ketones is 1. The zero-order valence-corrected chi connectivity index (χ0v) is 16.6. The van der Waals surface area contributed by atoms with E-state index in [1.54, 1.807) is 18.2 Å². The maximum absolute atomic E-state index is 12.5. The molecule has 1 amide bonds. The minimum absolute atomic E-state index is 0.0487. The van der Waals surface area contributed by atoms with Gasteiger partial charge in [-0.05, 0) is 49.7 Å².